The van der Waals surface area contributed by atoms with E-state index < -0.39 is 5.60 Å². The largest absolute Gasteiger partial charge is 0.444 e. The van der Waals surface area contributed by atoms with Gasteiger partial charge in [-0.25, -0.2) is 4.79 Å². The number of fused-ring (bicyclic) bond motifs is 1. The molecule has 1 saturated heterocycles. The van der Waals surface area contributed by atoms with Crippen molar-refractivity contribution in [1.29, 1.82) is 0 Å². The van der Waals surface area contributed by atoms with Crippen LogP contribution in [0.15, 0.2) is 28.7 Å². The third-order valence-electron chi connectivity index (χ3n) is 4.35. The molecule has 0 aliphatic carbocycles. The lowest BCUT2D eigenvalue weighted by atomic mass is 10.0. The topological polar surface area (TPSA) is 58.8 Å². The van der Waals surface area contributed by atoms with E-state index in [9.17, 15) is 4.79 Å². The summed E-state index contributed by atoms with van der Waals surface area (Å²) >= 11 is 0. The number of likely N-dealkylation sites (tertiary alicyclic amines) is 1. The molecule has 1 aliphatic heterocycles. The summed E-state index contributed by atoms with van der Waals surface area (Å²) in [6.07, 6.45) is 2.86. The average molecular weight is 345 g/mol. The number of rotatable bonds is 3. The van der Waals surface area contributed by atoms with Crippen LogP contribution in [0.2, 0.25) is 0 Å². The number of anilines is 1. The Kier molecular flexibility index (Phi) is 4.88. The van der Waals surface area contributed by atoms with Crippen molar-refractivity contribution in [2.75, 3.05) is 25.0 Å². The van der Waals surface area contributed by atoms with E-state index in [1.54, 1.807) is 0 Å². The average Bonchev–Trinajstić information content (AvgIpc) is 2.98. The molecular weight excluding hydrogens is 318 g/mol. The molecule has 1 aromatic carbocycles. The van der Waals surface area contributed by atoms with Gasteiger partial charge in [-0.3, -0.25) is 0 Å². The molecule has 0 saturated carbocycles. The van der Waals surface area contributed by atoms with E-state index in [1.165, 1.54) is 0 Å². The molecule has 136 valence electrons. The van der Waals surface area contributed by atoms with Gasteiger partial charge < -0.3 is 19.0 Å². The van der Waals surface area contributed by atoms with Crippen LogP contribution in [0.25, 0.3) is 11.1 Å². The van der Waals surface area contributed by atoms with Crippen LogP contribution in [0.4, 0.5) is 10.8 Å². The SMILES string of the molecule is CN(C[C@@H]1CCCCN1C(=O)OC(C)(C)C)c1nc2ccccc2o1. The zero-order chi connectivity index (χ0) is 18.0. The number of oxazole rings is 1. The quantitative estimate of drug-likeness (QED) is 0.840. The first-order valence-corrected chi connectivity index (χ1v) is 8.90. The molecule has 1 aliphatic rings. The number of carbonyl (C=O) groups is 1. The lowest BCUT2D eigenvalue weighted by Gasteiger charge is -2.38. The van der Waals surface area contributed by atoms with E-state index in [2.05, 4.69) is 4.98 Å². The number of hydrogen-bond donors (Lipinski definition) is 0. The highest BCUT2D eigenvalue weighted by atomic mass is 16.6. The Bertz CT molecular complexity index is 702. The minimum absolute atomic E-state index is 0.101. The molecule has 0 bridgehead atoms. The number of piperidine rings is 1. The smallest absolute Gasteiger partial charge is 0.410 e. The van der Waals surface area contributed by atoms with Gasteiger partial charge in [0.25, 0.3) is 6.01 Å². The Hall–Kier alpha value is -2.24. The van der Waals surface area contributed by atoms with Crippen molar-refractivity contribution in [3.05, 3.63) is 24.3 Å². The summed E-state index contributed by atoms with van der Waals surface area (Å²) in [5, 5.41) is 0. The molecule has 6 nitrogen and oxygen atoms in total. The molecule has 0 radical (unpaired) electrons. The fraction of sp³-hybridized carbons (Fsp3) is 0.579. The highest BCUT2D eigenvalue weighted by Crippen LogP contribution is 2.24. The van der Waals surface area contributed by atoms with Crippen LogP contribution in [-0.2, 0) is 4.74 Å². The van der Waals surface area contributed by atoms with Crippen molar-refractivity contribution in [3.63, 3.8) is 0 Å². The van der Waals surface area contributed by atoms with Crippen LogP contribution in [0.3, 0.4) is 0 Å². The van der Waals surface area contributed by atoms with Crippen molar-refractivity contribution in [2.45, 2.75) is 51.7 Å². The standard InChI is InChI=1S/C19H27N3O3/c1-19(2,3)25-18(23)22-12-8-7-9-14(22)13-21(4)17-20-15-10-5-6-11-16(15)24-17/h5-6,10-11,14H,7-9,12-13H2,1-4H3/t14-/m0/s1. The fourth-order valence-corrected chi connectivity index (χ4v) is 3.17. The van der Waals surface area contributed by atoms with Crippen LogP contribution in [0, 0.1) is 0 Å². The summed E-state index contributed by atoms with van der Waals surface area (Å²) in [6.45, 7) is 7.10. The van der Waals surface area contributed by atoms with E-state index in [-0.39, 0.29) is 12.1 Å². The summed E-state index contributed by atoms with van der Waals surface area (Å²) in [5.74, 6) is 0. The Morgan fingerprint density at radius 3 is 2.84 bits per heavy atom. The number of benzene rings is 1. The van der Waals surface area contributed by atoms with Crippen LogP contribution >= 0.6 is 0 Å². The third kappa shape index (κ3) is 4.24. The van der Waals surface area contributed by atoms with Crippen LogP contribution in [0.1, 0.15) is 40.0 Å². The highest BCUT2D eigenvalue weighted by molar-refractivity contribution is 5.74. The zero-order valence-electron chi connectivity index (χ0n) is 15.5. The van der Waals surface area contributed by atoms with E-state index in [4.69, 9.17) is 9.15 Å². The fourth-order valence-electron chi connectivity index (χ4n) is 3.17. The van der Waals surface area contributed by atoms with Crippen molar-refractivity contribution in [3.8, 4) is 0 Å². The van der Waals surface area contributed by atoms with Gasteiger partial charge in [-0.05, 0) is 52.2 Å². The third-order valence-corrected chi connectivity index (χ3v) is 4.35. The van der Waals surface area contributed by atoms with E-state index >= 15 is 0 Å². The van der Waals surface area contributed by atoms with Gasteiger partial charge in [0, 0.05) is 20.1 Å². The number of amides is 1. The number of aromatic nitrogens is 1. The molecule has 25 heavy (non-hydrogen) atoms. The molecule has 1 atom stereocenters. The Morgan fingerprint density at radius 2 is 2.12 bits per heavy atom. The number of nitrogens with zero attached hydrogens (tertiary/aromatic N) is 3. The summed E-state index contributed by atoms with van der Waals surface area (Å²) < 4.78 is 11.4. The van der Waals surface area contributed by atoms with Gasteiger partial charge >= 0.3 is 6.09 Å². The maximum atomic E-state index is 12.5. The minimum atomic E-state index is -0.481. The molecule has 3 rings (SSSR count). The van der Waals surface area contributed by atoms with Crippen molar-refractivity contribution >= 4 is 23.2 Å². The molecule has 0 spiro atoms. The second kappa shape index (κ2) is 6.94. The van der Waals surface area contributed by atoms with Crippen molar-refractivity contribution in [1.82, 2.24) is 9.88 Å². The molecule has 1 amide bonds. The highest BCUT2D eigenvalue weighted by Gasteiger charge is 2.31. The molecule has 6 heteroatoms. The van der Waals surface area contributed by atoms with Gasteiger partial charge in [0.2, 0.25) is 0 Å². The van der Waals surface area contributed by atoms with Gasteiger partial charge in [0.1, 0.15) is 11.1 Å². The number of ether oxygens (including phenoxy) is 1. The summed E-state index contributed by atoms with van der Waals surface area (Å²) in [7, 11) is 1.95. The Labute approximate surface area is 148 Å². The minimum Gasteiger partial charge on any atom is -0.444 e. The van der Waals surface area contributed by atoms with Gasteiger partial charge in [-0.2, -0.15) is 4.98 Å². The Balaban J connectivity index is 1.71. The number of hydrogen-bond acceptors (Lipinski definition) is 5. The molecule has 1 aromatic heterocycles. The summed E-state index contributed by atoms with van der Waals surface area (Å²) in [4.78, 5) is 20.9. The van der Waals surface area contributed by atoms with Crippen molar-refractivity contribution < 1.29 is 13.9 Å². The number of carbonyl (C=O) groups excluding carboxylic acids is 1. The van der Waals surface area contributed by atoms with Gasteiger partial charge in [-0.15, -0.1) is 0 Å². The predicted molar refractivity (Wildman–Crippen MR) is 97.9 cm³/mol. The molecule has 2 heterocycles. The van der Waals surface area contributed by atoms with Crippen molar-refractivity contribution in [2.24, 2.45) is 0 Å². The lowest BCUT2D eigenvalue weighted by molar-refractivity contribution is 0.0107. The molecule has 0 N–H and O–H groups in total. The zero-order valence-corrected chi connectivity index (χ0v) is 15.5. The molecular formula is C19H27N3O3. The normalized spacial score (nSPS) is 18.4. The van der Waals surface area contributed by atoms with Crippen LogP contribution < -0.4 is 4.90 Å². The first-order valence-electron chi connectivity index (χ1n) is 8.90. The molecule has 2 aromatic rings. The maximum Gasteiger partial charge on any atom is 0.410 e. The maximum absolute atomic E-state index is 12.5. The van der Waals surface area contributed by atoms with Gasteiger partial charge in [-0.1, -0.05) is 12.1 Å². The Morgan fingerprint density at radius 1 is 1.36 bits per heavy atom. The van der Waals surface area contributed by atoms with E-state index in [0.29, 0.717) is 12.6 Å². The lowest BCUT2D eigenvalue weighted by Crippen LogP contribution is -2.50. The van der Waals surface area contributed by atoms with E-state index in [0.717, 1.165) is 36.9 Å². The second-order valence-electron chi connectivity index (χ2n) is 7.67. The first kappa shape index (κ1) is 17.6. The van der Waals surface area contributed by atoms with Gasteiger partial charge in [0.05, 0.1) is 6.04 Å². The van der Waals surface area contributed by atoms with Crippen LogP contribution in [0.5, 0.6) is 0 Å². The summed E-state index contributed by atoms with van der Waals surface area (Å²) in [5.41, 5.74) is 1.14. The molecule has 0 unspecified atom stereocenters. The number of para-hydroxylation sites is 2. The summed E-state index contributed by atoms with van der Waals surface area (Å²) in [6, 6.07) is 8.40. The molecule has 1 fully saturated rings. The first-order chi connectivity index (χ1) is 11.8. The second-order valence-corrected chi connectivity index (χ2v) is 7.67. The van der Waals surface area contributed by atoms with E-state index in [1.807, 2.05) is 61.9 Å². The number of likely N-dealkylation sites (N-methyl/N-ethyl adjacent to an activating group) is 1. The predicted octanol–water partition coefficient (Wildman–Crippen LogP) is 4.05. The van der Waals surface area contributed by atoms with Crippen LogP contribution in [-0.4, -0.2) is 47.8 Å². The van der Waals surface area contributed by atoms with Gasteiger partial charge in [0.15, 0.2) is 5.58 Å². The monoisotopic (exact) mass is 345 g/mol.